The van der Waals surface area contributed by atoms with E-state index < -0.39 is 35.3 Å². The summed E-state index contributed by atoms with van der Waals surface area (Å²) in [5, 5.41) is 0. The first-order chi connectivity index (χ1) is 14.4. The van der Waals surface area contributed by atoms with E-state index in [0.29, 0.717) is 10.9 Å². The van der Waals surface area contributed by atoms with Gasteiger partial charge in [-0.05, 0) is 49.4 Å². The summed E-state index contributed by atoms with van der Waals surface area (Å²) in [4.78, 5) is 40.0. The van der Waals surface area contributed by atoms with Gasteiger partial charge in [0.05, 0.1) is 16.5 Å². The van der Waals surface area contributed by atoms with E-state index in [4.69, 9.17) is 0 Å². The summed E-state index contributed by atoms with van der Waals surface area (Å²) in [6.45, 7) is -0.0453. The number of thiophene rings is 1. The summed E-state index contributed by atoms with van der Waals surface area (Å²) in [5.74, 6) is -3.72. The third kappa shape index (κ3) is 4.21. The van der Waals surface area contributed by atoms with Crippen molar-refractivity contribution in [2.24, 2.45) is 5.92 Å². The average molecular weight is 433 g/mol. The van der Waals surface area contributed by atoms with Crippen LogP contribution in [0.3, 0.4) is 0 Å². The molecule has 0 saturated carbocycles. The van der Waals surface area contributed by atoms with E-state index in [1.807, 2.05) is 6.07 Å². The van der Waals surface area contributed by atoms with Crippen molar-refractivity contribution >= 4 is 34.7 Å². The summed E-state index contributed by atoms with van der Waals surface area (Å²) in [5.41, 5.74) is 5.91. The van der Waals surface area contributed by atoms with Gasteiger partial charge in [-0.25, -0.2) is 8.78 Å². The van der Waals surface area contributed by atoms with Crippen molar-refractivity contribution in [3.8, 4) is 0 Å². The van der Waals surface area contributed by atoms with Gasteiger partial charge in [0.1, 0.15) is 11.6 Å². The van der Waals surface area contributed by atoms with Crippen LogP contribution >= 0.6 is 11.3 Å². The van der Waals surface area contributed by atoms with E-state index >= 15 is 0 Å². The van der Waals surface area contributed by atoms with E-state index in [-0.39, 0.29) is 18.7 Å². The molecule has 0 spiro atoms. The van der Waals surface area contributed by atoms with E-state index in [2.05, 4.69) is 10.9 Å². The molecule has 6 nitrogen and oxygen atoms in total. The molecular weight excluding hydrogens is 412 g/mol. The van der Waals surface area contributed by atoms with Crippen molar-refractivity contribution in [2.45, 2.75) is 38.5 Å². The normalized spacial score (nSPS) is 18.7. The van der Waals surface area contributed by atoms with Gasteiger partial charge in [0.15, 0.2) is 0 Å². The number of amides is 3. The first kappa shape index (κ1) is 20.5. The number of anilines is 1. The Morgan fingerprint density at radius 1 is 1.07 bits per heavy atom. The fraction of sp³-hybridized carbons (Fsp3) is 0.381. The Morgan fingerprint density at radius 3 is 2.67 bits per heavy atom. The van der Waals surface area contributed by atoms with Crippen LogP contribution in [0, 0.1) is 17.6 Å². The fourth-order valence-electron chi connectivity index (χ4n) is 3.88. The van der Waals surface area contributed by atoms with E-state index in [9.17, 15) is 23.2 Å². The minimum Gasteiger partial charge on any atom is -0.309 e. The third-order valence-electron chi connectivity index (χ3n) is 5.47. The van der Waals surface area contributed by atoms with Gasteiger partial charge in [-0.1, -0.05) is 6.42 Å². The lowest BCUT2D eigenvalue weighted by Crippen LogP contribution is -2.45. The van der Waals surface area contributed by atoms with Gasteiger partial charge in [-0.15, -0.1) is 11.3 Å². The fourth-order valence-corrected chi connectivity index (χ4v) is 5.03. The zero-order valence-corrected chi connectivity index (χ0v) is 17.0. The number of hydrogen-bond acceptors (Lipinski definition) is 4. The maximum Gasteiger partial charge on any atom is 0.279 e. The molecule has 1 aromatic heterocycles. The smallest absolute Gasteiger partial charge is 0.279 e. The molecule has 3 amide bonds. The van der Waals surface area contributed by atoms with Crippen LogP contribution < -0.4 is 15.8 Å². The second-order valence-electron chi connectivity index (χ2n) is 7.56. The molecule has 1 unspecified atom stereocenters. The van der Waals surface area contributed by atoms with E-state index in [1.54, 1.807) is 0 Å². The standard InChI is InChI=1S/C21H21F2N3O3S/c22-14-6-7-16(15(23)10-14)26-11-13(9-19(26)27)20(28)24-25-21(29)18-8-12-4-2-1-3-5-17(12)30-18/h6-8,10,13H,1-5,9,11H2,(H,24,28)(H,25,29). The van der Waals surface area contributed by atoms with Gasteiger partial charge >= 0.3 is 0 Å². The molecule has 4 rings (SSSR count). The Balaban J connectivity index is 1.35. The van der Waals surface area contributed by atoms with Crippen LogP contribution in [0.5, 0.6) is 0 Å². The molecule has 1 saturated heterocycles. The molecule has 1 aliphatic carbocycles. The molecule has 2 aliphatic rings. The second kappa shape index (κ2) is 8.51. The number of nitrogens with one attached hydrogen (secondary N) is 2. The van der Waals surface area contributed by atoms with Crippen LogP contribution in [0.15, 0.2) is 24.3 Å². The highest BCUT2D eigenvalue weighted by molar-refractivity contribution is 7.14. The molecular formula is C21H21F2N3O3S. The average Bonchev–Trinajstić information content (AvgIpc) is 3.23. The molecule has 9 heteroatoms. The number of rotatable bonds is 3. The molecule has 1 aliphatic heterocycles. The molecule has 1 atom stereocenters. The van der Waals surface area contributed by atoms with Gasteiger partial charge in [0.2, 0.25) is 11.8 Å². The van der Waals surface area contributed by atoms with E-state index in [0.717, 1.165) is 36.6 Å². The maximum absolute atomic E-state index is 14.0. The zero-order chi connectivity index (χ0) is 21.3. The monoisotopic (exact) mass is 433 g/mol. The lowest BCUT2D eigenvalue weighted by Gasteiger charge is -2.17. The van der Waals surface area contributed by atoms with Gasteiger partial charge < -0.3 is 4.90 Å². The predicted octanol–water partition coefficient (Wildman–Crippen LogP) is 3.11. The number of aryl methyl sites for hydroxylation is 2. The third-order valence-corrected chi connectivity index (χ3v) is 6.70. The predicted molar refractivity (Wildman–Crippen MR) is 108 cm³/mol. The summed E-state index contributed by atoms with van der Waals surface area (Å²) < 4.78 is 27.1. The minimum absolute atomic E-state index is 0.0453. The van der Waals surface area contributed by atoms with Crippen LogP contribution in [0.4, 0.5) is 14.5 Å². The number of nitrogens with zero attached hydrogens (tertiary/aromatic N) is 1. The lowest BCUT2D eigenvalue weighted by atomic mass is 10.1. The Morgan fingerprint density at radius 2 is 1.87 bits per heavy atom. The number of hydrazine groups is 1. The van der Waals surface area contributed by atoms with Gasteiger partial charge in [0, 0.05) is 23.9 Å². The number of halogens is 2. The largest absolute Gasteiger partial charge is 0.309 e. The summed E-state index contributed by atoms with van der Waals surface area (Å²) in [7, 11) is 0. The van der Waals surface area contributed by atoms with Crippen LogP contribution in [0.25, 0.3) is 0 Å². The minimum atomic E-state index is -0.866. The van der Waals surface area contributed by atoms with Crippen molar-refractivity contribution in [2.75, 3.05) is 11.4 Å². The van der Waals surface area contributed by atoms with Gasteiger partial charge in [0.25, 0.3) is 5.91 Å². The van der Waals surface area contributed by atoms with Crippen molar-refractivity contribution in [1.29, 1.82) is 0 Å². The van der Waals surface area contributed by atoms with Crippen LogP contribution in [0.1, 0.15) is 45.8 Å². The highest BCUT2D eigenvalue weighted by Gasteiger charge is 2.36. The van der Waals surface area contributed by atoms with Gasteiger partial charge in [-0.2, -0.15) is 0 Å². The molecule has 0 radical (unpaired) electrons. The summed E-state index contributed by atoms with van der Waals surface area (Å²) in [6, 6.07) is 4.80. The highest BCUT2D eigenvalue weighted by atomic mass is 32.1. The van der Waals surface area contributed by atoms with Crippen molar-refractivity contribution in [3.05, 3.63) is 51.2 Å². The molecule has 158 valence electrons. The quantitative estimate of drug-likeness (QED) is 0.577. The van der Waals surface area contributed by atoms with Crippen molar-refractivity contribution in [3.63, 3.8) is 0 Å². The molecule has 0 bridgehead atoms. The van der Waals surface area contributed by atoms with Crippen LogP contribution in [-0.4, -0.2) is 24.3 Å². The number of fused-ring (bicyclic) bond motifs is 1. The molecule has 30 heavy (non-hydrogen) atoms. The van der Waals surface area contributed by atoms with Crippen LogP contribution in [0.2, 0.25) is 0 Å². The van der Waals surface area contributed by atoms with Crippen molar-refractivity contribution < 1.29 is 23.2 Å². The summed E-state index contributed by atoms with van der Waals surface area (Å²) in [6.07, 6.45) is 5.24. The Hall–Kier alpha value is -2.81. The molecule has 2 aromatic rings. The van der Waals surface area contributed by atoms with E-state index in [1.165, 1.54) is 34.3 Å². The zero-order valence-electron chi connectivity index (χ0n) is 16.2. The Labute approximate surface area is 176 Å². The highest BCUT2D eigenvalue weighted by Crippen LogP contribution is 2.29. The molecule has 1 fully saturated rings. The van der Waals surface area contributed by atoms with Crippen LogP contribution in [-0.2, 0) is 22.4 Å². The molecule has 2 N–H and O–H groups in total. The maximum atomic E-state index is 14.0. The second-order valence-corrected chi connectivity index (χ2v) is 8.70. The first-order valence-electron chi connectivity index (χ1n) is 9.89. The van der Waals surface area contributed by atoms with Gasteiger partial charge in [-0.3, -0.25) is 25.2 Å². The number of carbonyl (C=O) groups excluding carboxylic acids is 3. The number of carbonyl (C=O) groups is 3. The molecule has 2 heterocycles. The SMILES string of the molecule is O=C(NNC(=O)C1CC(=O)N(c2ccc(F)cc2F)C1)c1cc2c(s1)CCCCC2. The first-order valence-corrected chi connectivity index (χ1v) is 10.7. The Bertz CT molecular complexity index is 984. The topological polar surface area (TPSA) is 78.5 Å². The lowest BCUT2D eigenvalue weighted by molar-refractivity contribution is -0.126. The number of hydrogen-bond donors (Lipinski definition) is 2. The molecule has 1 aromatic carbocycles. The summed E-state index contributed by atoms with van der Waals surface area (Å²) >= 11 is 1.44. The number of benzene rings is 1. The Kier molecular flexibility index (Phi) is 5.80. The van der Waals surface area contributed by atoms with Crippen molar-refractivity contribution in [1.82, 2.24) is 10.9 Å².